The number of hydrogen-bond donors (Lipinski definition) is 2. The number of urea groups is 1. The van der Waals surface area contributed by atoms with E-state index in [4.69, 9.17) is 5.11 Å². The van der Waals surface area contributed by atoms with Gasteiger partial charge < -0.3 is 15.3 Å². The second-order valence-corrected chi connectivity index (χ2v) is 4.63. The van der Waals surface area contributed by atoms with Gasteiger partial charge in [0.1, 0.15) is 0 Å². The van der Waals surface area contributed by atoms with Gasteiger partial charge in [-0.25, -0.2) is 4.79 Å². The fourth-order valence-electron chi connectivity index (χ4n) is 1.89. The highest BCUT2D eigenvalue weighted by molar-refractivity contribution is 5.91. The molecule has 0 aliphatic carbocycles. The molecule has 0 bridgehead atoms. The topological polar surface area (TPSA) is 113 Å². The SMILES string of the molecule is Cc1ccc(NC(=O)N2CC(C(=O)O)C2)cc1[N+](=O)[O-]. The molecule has 20 heavy (non-hydrogen) atoms. The van der Waals surface area contributed by atoms with Crippen LogP contribution in [0.1, 0.15) is 5.56 Å². The lowest BCUT2D eigenvalue weighted by molar-refractivity contribution is -0.385. The zero-order valence-electron chi connectivity index (χ0n) is 10.7. The normalized spacial score (nSPS) is 14.6. The molecule has 1 aliphatic heterocycles. The molecule has 2 N–H and O–H groups in total. The number of likely N-dealkylation sites (tertiary alicyclic amines) is 1. The monoisotopic (exact) mass is 279 g/mol. The van der Waals surface area contributed by atoms with Gasteiger partial charge in [0.05, 0.1) is 10.8 Å². The summed E-state index contributed by atoms with van der Waals surface area (Å²) in [5.74, 6) is -1.46. The molecule has 1 aromatic rings. The average Bonchev–Trinajstić information content (AvgIpc) is 2.28. The van der Waals surface area contributed by atoms with E-state index in [1.54, 1.807) is 19.1 Å². The van der Waals surface area contributed by atoms with Crippen molar-refractivity contribution < 1.29 is 19.6 Å². The number of hydrogen-bond acceptors (Lipinski definition) is 4. The number of benzene rings is 1. The maximum Gasteiger partial charge on any atom is 0.321 e. The Morgan fingerprint density at radius 2 is 2.10 bits per heavy atom. The molecule has 1 aromatic carbocycles. The lowest BCUT2D eigenvalue weighted by Crippen LogP contribution is -2.54. The van der Waals surface area contributed by atoms with Crippen molar-refractivity contribution in [1.82, 2.24) is 4.90 Å². The first-order valence-electron chi connectivity index (χ1n) is 5.92. The van der Waals surface area contributed by atoms with Gasteiger partial charge in [0.25, 0.3) is 5.69 Å². The predicted molar refractivity (Wildman–Crippen MR) is 69.6 cm³/mol. The maximum atomic E-state index is 11.8. The minimum atomic E-state index is -0.931. The number of amides is 2. The summed E-state index contributed by atoms with van der Waals surface area (Å²) in [6, 6.07) is 3.93. The summed E-state index contributed by atoms with van der Waals surface area (Å²) >= 11 is 0. The molecule has 2 rings (SSSR count). The van der Waals surface area contributed by atoms with Gasteiger partial charge in [0.15, 0.2) is 0 Å². The van der Waals surface area contributed by atoms with Crippen molar-refractivity contribution in [2.45, 2.75) is 6.92 Å². The van der Waals surface area contributed by atoms with E-state index in [9.17, 15) is 19.7 Å². The Bertz CT molecular complexity index is 580. The largest absolute Gasteiger partial charge is 0.481 e. The molecule has 0 aromatic heterocycles. The van der Waals surface area contributed by atoms with Crippen LogP contribution in [0.5, 0.6) is 0 Å². The standard InChI is InChI=1S/C12H13N3O5/c1-7-2-3-9(4-10(7)15(19)20)13-12(18)14-5-8(6-14)11(16)17/h2-4,8H,5-6H2,1H3,(H,13,18)(H,16,17). The molecule has 0 saturated carbocycles. The second-order valence-electron chi connectivity index (χ2n) is 4.63. The molecule has 0 spiro atoms. The number of anilines is 1. The van der Waals surface area contributed by atoms with E-state index in [0.29, 0.717) is 11.3 Å². The highest BCUT2D eigenvalue weighted by atomic mass is 16.6. The van der Waals surface area contributed by atoms with Gasteiger partial charge in [-0.15, -0.1) is 0 Å². The molecule has 8 nitrogen and oxygen atoms in total. The van der Waals surface area contributed by atoms with Gasteiger partial charge in [-0.2, -0.15) is 0 Å². The summed E-state index contributed by atoms with van der Waals surface area (Å²) in [7, 11) is 0. The fourth-order valence-corrected chi connectivity index (χ4v) is 1.89. The lowest BCUT2D eigenvalue weighted by Gasteiger charge is -2.36. The van der Waals surface area contributed by atoms with Crippen LogP contribution in [-0.2, 0) is 4.79 Å². The number of aliphatic carboxylic acids is 1. The third kappa shape index (κ3) is 2.68. The van der Waals surface area contributed by atoms with Crippen molar-refractivity contribution in [3.05, 3.63) is 33.9 Å². The first kappa shape index (κ1) is 13.8. The highest BCUT2D eigenvalue weighted by Gasteiger charge is 2.35. The Labute approximate surface area is 114 Å². The molecule has 2 amide bonds. The van der Waals surface area contributed by atoms with Gasteiger partial charge in [0, 0.05) is 30.4 Å². The van der Waals surface area contributed by atoms with Crippen LogP contribution in [0.25, 0.3) is 0 Å². The number of carboxylic acids is 1. The van der Waals surface area contributed by atoms with E-state index >= 15 is 0 Å². The molecule has 0 unspecified atom stereocenters. The Morgan fingerprint density at radius 1 is 1.45 bits per heavy atom. The number of carboxylic acid groups (broad SMARTS) is 1. The Balaban J connectivity index is 2.01. The van der Waals surface area contributed by atoms with E-state index in [-0.39, 0.29) is 18.8 Å². The Hall–Kier alpha value is -2.64. The molecule has 1 fully saturated rings. The van der Waals surface area contributed by atoms with Crippen LogP contribution >= 0.6 is 0 Å². The summed E-state index contributed by atoms with van der Waals surface area (Å²) < 4.78 is 0. The van der Waals surface area contributed by atoms with Crippen molar-refractivity contribution in [3.63, 3.8) is 0 Å². The van der Waals surface area contributed by atoms with Crippen LogP contribution in [-0.4, -0.2) is 40.0 Å². The minimum absolute atomic E-state index is 0.0742. The number of nitrogens with zero attached hydrogens (tertiary/aromatic N) is 2. The minimum Gasteiger partial charge on any atom is -0.481 e. The molecular weight excluding hydrogens is 266 g/mol. The van der Waals surface area contributed by atoms with Crippen LogP contribution < -0.4 is 5.32 Å². The molecule has 0 radical (unpaired) electrons. The van der Waals surface area contributed by atoms with Crippen molar-refractivity contribution in [2.75, 3.05) is 18.4 Å². The zero-order chi connectivity index (χ0) is 14.9. The molecule has 1 heterocycles. The molecule has 106 valence electrons. The van der Waals surface area contributed by atoms with Gasteiger partial charge in [-0.05, 0) is 13.0 Å². The lowest BCUT2D eigenvalue weighted by atomic mass is 10.0. The van der Waals surface area contributed by atoms with Gasteiger partial charge in [-0.3, -0.25) is 14.9 Å². The molecule has 1 saturated heterocycles. The number of carbonyl (C=O) groups is 2. The Kier molecular flexibility index (Phi) is 3.55. The average molecular weight is 279 g/mol. The maximum absolute atomic E-state index is 11.8. The predicted octanol–water partition coefficient (Wildman–Crippen LogP) is 1.45. The van der Waals surface area contributed by atoms with E-state index in [2.05, 4.69) is 5.32 Å². The number of nitro groups is 1. The second kappa shape index (κ2) is 5.16. The molecule has 1 aliphatic rings. The van der Waals surface area contributed by atoms with E-state index in [0.717, 1.165) is 0 Å². The van der Waals surface area contributed by atoms with Gasteiger partial charge >= 0.3 is 12.0 Å². The summed E-state index contributed by atoms with van der Waals surface area (Å²) in [6.07, 6.45) is 0. The number of rotatable bonds is 3. The van der Waals surface area contributed by atoms with Crippen molar-refractivity contribution in [2.24, 2.45) is 5.92 Å². The highest BCUT2D eigenvalue weighted by Crippen LogP contribution is 2.23. The zero-order valence-corrected chi connectivity index (χ0v) is 10.7. The van der Waals surface area contributed by atoms with Crippen molar-refractivity contribution in [1.29, 1.82) is 0 Å². The smallest absolute Gasteiger partial charge is 0.321 e. The summed E-state index contributed by atoms with van der Waals surface area (Å²) in [5.41, 5.74) is 0.740. The van der Waals surface area contributed by atoms with Crippen LogP contribution in [0.15, 0.2) is 18.2 Å². The number of nitrogens with one attached hydrogen (secondary N) is 1. The number of aryl methyl sites for hydroxylation is 1. The van der Waals surface area contributed by atoms with Crippen LogP contribution in [0, 0.1) is 23.0 Å². The van der Waals surface area contributed by atoms with Crippen molar-refractivity contribution >= 4 is 23.4 Å². The Morgan fingerprint density at radius 3 is 2.65 bits per heavy atom. The van der Waals surface area contributed by atoms with Gasteiger partial charge in [0.2, 0.25) is 0 Å². The van der Waals surface area contributed by atoms with Crippen molar-refractivity contribution in [3.8, 4) is 0 Å². The summed E-state index contributed by atoms with van der Waals surface area (Å²) in [4.78, 5) is 34.0. The molecule has 0 atom stereocenters. The number of nitro benzene ring substituents is 1. The molecular formula is C12H13N3O5. The number of carbonyl (C=O) groups excluding carboxylic acids is 1. The van der Waals surface area contributed by atoms with E-state index in [1.165, 1.54) is 11.0 Å². The third-order valence-electron chi connectivity index (χ3n) is 3.18. The van der Waals surface area contributed by atoms with Crippen LogP contribution in [0.4, 0.5) is 16.2 Å². The first-order chi connectivity index (χ1) is 9.38. The van der Waals surface area contributed by atoms with Gasteiger partial charge in [-0.1, -0.05) is 6.07 Å². The first-order valence-corrected chi connectivity index (χ1v) is 5.92. The fraction of sp³-hybridized carbons (Fsp3) is 0.333. The third-order valence-corrected chi connectivity index (χ3v) is 3.18. The molecule has 8 heteroatoms. The van der Waals surface area contributed by atoms with E-state index in [1.807, 2.05) is 0 Å². The van der Waals surface area contributed by atoms with Crippen LogP contribution in [0.2, 0.25) is 0 Å². The van der Waals surface area contributed by atoms with E-state index < -0.39 is 22.8 Å². The summed E-state index contributed by atoms with van der Waals surface area (Å²) in [5, 5.41) is 22.0. The summed E-state index contributed by atoms with van der Waals surface area (Å²) in [6.45, 7) is 1.90. The van der Waals surface area contributed by atoms with Crippen LogP contribution in [0.3, 0.4) is 0 Å². The quantitative estimate of drug-likeness (QED) is 0.642.